The van der Waals surface area contributed by atoms with E-state index in [1.54, 1.807) is 6.20 Å². The van der Waals surface area contributed by atoms with Gasteiger partial charge in [-0.05, 0) is 36.2 Å². The van der Waals surface area contributed by atoms with E-state index in [0.717, 1.165) is 23.5 Å². The second-order valence-corrected chi connectivity index (χ2v) is 3.85. The summed E-state index contributed by atoms with van der Waals surface area (Å²) < 4.78 is 0. The summed E-state index contributed by atoms with van der Waals surface area (Å²) in [5, 5.41) is 12.1. The van der Waals surface area contributed by atoms with Crippen LogP contribution in [-0.4, -0.2) is 16.7 Å². The van der Waals surface area contributed by atoms with Crippen molar-refractivity contribution in [1.29, 1.82) is 0 Å². The lowest BCUT2D eigenvalue weighted by atomic mass is 10.1. The summed E-state index contributed by atoms with van der Waals surface area (Å²) in [4.78, 5) is 4.25. The Hall–Kier alpha value is -1.87. The normalized spacial score (nSPS) is 10.2. The Morgan fingerprint density at radius 2 is 1.88 bits per heavy atom. The predicted molar refractivity (Wildman–Crippen MR) is 68.8 cm³/mol. The third kappa shape index (κ3) is 3.57. The van der Waals surface area contributed by atoms with E-state index in [9.17, 15) is 0 Å². The number of nitrogens with zero attached hydrogens (tertiary/aromatic N) is 1. The van der Waals surface area contributed by atoms with E-state index in [1.165, 1.54) is 0 Å². The smallest absolute Gasteiger partial charge is 0.0594 e. The average Bonchev–Trinajstić information content (AvgIpc) is 2.40. The number of aliphatic hydroxyl groups excluding tert-OH is 1. The first kappa shape index (κ1) is 11.6. The molecule has 0 saturated carbocycles. The molecule has 0 saturated heterocycles. The van der Waals surface area contributed by atoms with Crippen molar-refractivity contribution in [2.45, 2.75) is 13.0 Å². The van der Waals surface area contributed by atoms with Crippen molar-refractivity contribution in [2.75, 3.05) is 11.9 Å². The van der Waals surface area contributed by atoms with Crippen LogP contribution in [0.5, 0.6) is 0 Å². The summed E-state index contributed by atoms with van der Waals surface area (Å²) in [5.41, 5.74) is 3.24. The lowest BCUT2D eigenvalue weighted by Gasteiger charge is -2.06. The molecule has 3 heteroatoms. The molecule has 88 valence electrons. The van der Waals surface area contributed by atoms with Gasteiger partial charge in [0.25, 0.3) is 0 Å². The first-order chi connectivity index (χ1) is 8.38. The number of anilines is 1. The molecule has 1 aromatic heterocycles. The number of hydrogen-bond donors (Lipinski definition) is 2. The largest absolute Gasteiger partial charge is 0.396 e. The molecule has 0 aliphatic heterocycles. The van der Waals surface area contributed by atoms with Gasteiger partial charge in [0.05, 0.1) is 12.2 Å². The second kappa shape index (κ2) is 6.01. The van der Waals surface area contributed by atoms with Crippen LogP contribution in [0.15, 0.2) is 48.7 Å². The maximum Gasteiger partial charge on any atom is 0.0594 e. The number of nitrogens with one attached hydrogen (secondary N) is 1. The van der Waals surface area contributed by atoms with E-state index >= 15 is 0 Å². The van der Waals surface area contributed by atoms with Crippen molar-refractivity contribution in [3.63, 3.8) is 0 Å². The van der Waals surface area contributed by atoms with Crippen molar-refractivity contribution < 1.29 is 5.11 Å². The SMILES string of the molecule is OCCc1ccc(NCc2ccccn2)cc1. The summed E-state index contributed by atoms with van der Waals surface area (Å²) in [5.74, 6) is 0. The first-order valence-corrected chi connectivity index (χ1v) is 5.72. The van der Waals surface area contributed by atoms with Gasteiger partial charge in [-0.15, -0.1) is 0 Å². The van der Waals surface area contributed by atoms with Crippen LogP contribution >= 0.6 is 0 Å². The van der Waals surface area contributed by atoms with Gasteiger partial charge < -0.3 is 10.4 Å². The Balaban J connectivity index is 1.91. The van der Waals surface area contributed by atoms with E-state index in [1.807, 2.05) is 42.5 Å². The van der Waals surface area contributed by atoms with E-state index in [-0.39, 0.29) is 6.61 Å². The zero-order chi connectivity index (χ0) is 11.9. The summed E-state index contributed by atoms with van der Waals surface area (Å²) in [6, 6.07) is 14.0. The Morgan fingerprint density at radius 3 is 2.53 bits per heavy atom. The Labute approximate surface area is 101 Å². The number of aliphatic hydroxyl groups is 1. The van der Waals surface area contributed by atoms with Crippen LogP contribution in [0.2, 0.25) is 0 Å². The number of pyridine rings is 1. The van der Waals surface area contributed by atoms with Crippen LogP contribution in [0.4, 0.5) is 5.69 Å². The molecule has 0 bridgehead atoms. The number of rotatable bonds is 5. The number of aromatic nitrogens is 1. The van der Waals surface area contributed by atoms with Crippen molar-refractivity contribution in [1.82, 2.24) is 4.98 Å². The van der Waals surface area contributed by atoms with Gasteiger partial charge in [-0.2, -0.15) is 0 Å². The van der Waals surface area contributed by atoms with E-state index in [4.69, 9.17) is 5.11 Å². The fraction of sp³-hybridized carbons (Fsp3) is 0.214. The molecular formula is C14H16N2O. The number of hydrogen-bond acceptors (Lipinski definition) is 3. The highest BCUT2D eigenvalue weighted by Crippen LogP contribution is 2.10. The maximum absolute atomic E-state index is 8.82. The Morgan fingerprint density at radius 1 is 1.06 bits per heavy atom. The minimum absolute atomic E-state index is 0.195. The highest BCUT2D eigenvalue weighted by Gasteiger charge is 1.95. The standard InChI is InChI=1S/C14H16N2O/c17-10-8-12-4-6-13(7-5-12)16-11-14-3-1-2-9-15-14/h1-7,9,16-17H,8,10-11H2. The van der Waals surface area contributed by atoms with Crippen LogP contribution in [0, 0.1) is 0 Å². The van der Waals surface area contributed by atoms with Gasteiger partial charge in [0.1, 0.15) is 0 Å². The minimum Gasteiger partial charge on any atom is -0.396 e. The van der Waals surface area contributed by atoms with Gasteiger partial charge in [-0.1, -0.05) is 18.2 Å². The quantitative estimate of drug-likeness (QED) is 0.825. The molecule has 1 aromatic carbocycles. The molecule has 0 atom stereocenters. The molecule has 0 aliphatic carbocycles. The highest BCUT2D eigenvalue weighted by molar-refractivity contribution is 5.44. The van der Waals surface area contributed by atoms with E-state index < -0.39 is 0 Å². The summed E-state index contributed by atoms with van der Waals surface area (Å²) >= 11 is 0. The molecule has 0 aliphatic rings. The maximum atomic E-state index is 8.82. The molecule has 2 rings (SSSR count). The van der Waals surface area contributed by atoms with Crippen LogP contribution in [0.3, 0.4) is 0 Å². The molecule has 0 amide bonds. The van der Waals surface area contributed by atoms with Crippen molar-refractivity contribution in [2.24, 2.45) is 0 Å². The molecule has 0 unspecified atom stereocenters. The summed E-state index contributed by atoms with van der Waals surface area (Å²) in [6.45, 7) is 0.918. The highest BCUT2D eigenvalue weighted by atomic mass is 16.2. The Bertz CT molecular complexity index is 440. The third-order valence-corrected chi connectivity index (χ3v) is 2.55. The second-order valence-electron chi connectivity index (χ2n) is 3.85. The van der Waals surface area contributed by atoms with Crippen LogP contribution in [0.25, 0.3) is 0 Å². The zero-order valence-electron chi connectivity index (χ0n) is 9.63. The van der Waals surface area contributed by atoms with Crippen molar-refractivity contribution in [3.05, 3.63) is 59.9 Å². The Kier molecular flexibility index (Phi) is 4.11. The van der Waals surface area contributed by atoms with Crippen LogP contribution in [0.1, 0.15) is 11.3 Å². The summed E-state index contributed by atoms with van der Waals surface area (Å²) in [7, 11) is 0. The molecule has 0 fully saturated rings. The molecule has 1 heterocycles. The third-order valence-electron chi connectivity index (χ3n) is 2.55. The molecule has 2 aromatic rings. The van der Waals surface area contributed by atoms with Crippen LogP contribution < -0.4 is 5.32 Å². The van der Waals surface area contributed by atoms with Crippen LogP contribution in [-0.2, 0) is 13.0 Å². The molecular weight excluding hydrogens is 212 g/mol. The fourth-order valence-electron chi connectivity index (χ4n) is 1.61. The average molecular weight is 228 g/mol. The molecule has 2 N–H and O–H groups in total. The van der Waals surface area contributed by atoms with E-state index in [0.29, 0.717) is 6.42 Å². The topological polar surface area (TPSA) is 45.1 Å². The van der Waals surface area contributed by atoms with E-state index in [2.05, 4.69) is 10.3 Å². The summed E-state index contributed by atoms with van der Waals surface area (Å²) in [6.07, 6.45) is 2.50. The molecule has 0 radical (unpaired) electrons. The lowest BCUT2D eigenvalue weighted by Crippen LogP contribution is -2.01. The molecule has 0 spiro atoms. The first-order valence-electron chi connectivity index (χ1n) is 5.72. The van der Waals surface area contributed by atoms with Crippen molar-refractivity contribution >= 4 is 5.69 Å². The molecule has 17 heavy (non-hydrogen) atoms. The van der Waals surface area contributed by atoms with Gasteiger partial charge in [0.2, 0.25) is 0 Å². The number of benzene rings is 1. The van der Waals surface area contributed by atoms with Gasteiger partial charge in [-0.25, -0.2) is 0 Å². The van der Waals surface area contributed by atoms with Crippen molar-refractivity contribution in [3.8, 4) is 0 Å². The monoisotopic (exact) mass is 228 g/mol. The molecule has 3 nitrogen and oxygen atoms in total. The lowest BCUT2D eigenvalue weighted by molar-refractivity contribution is 0.299. The fourth-order valence-corrected chi connectivity index (χ4v) is 1.61. The van der Waals surface area contributed by atoms with Gasteiger partial charge >= 0.3 is 0 Å². The predicted octanol–water partition coefficient (Wildman–Crippen LogP) is 2.23. The zero-order valence-corrected chi connectivity index (χ0v) is 9.63. The van der Waals surface area contributed by atoms with Gasteiger partial charge in [-0.3, -0.25) is 4.98 Å². The van der Waals surface area contributed by atoms with Gasteiger partial charge in [0.15, 0.2) is 0 Å². The minimum atomic E-state index is 0.195. The van der Waals surface area contributed by atoms with Gasteiger partial charge in [0, 0.05) is 18.5 Å².